The molecule has 0 amide bonds. The predicted molar refractivity (Wildman–Crippen MR) is 68.7 cm³/mol. The molecule has 4 nitrogen and oxygen atoms in total. The normalized spacial score (nSPS) is 12.2. The van der Waals surface area contributed by atoms with Crippen LogP contribution in [-0.4, -0.2) is 22.4 Å². The lowest BCUT2D eigenvalue weighted by molar-refractivity contribution is 0.172. The molecule has 0 radical (unpaired) electrons. The van der Waals surface area contributed by atoms with Gasteiger partial charge in [-0.1, -0.05) is 11.6 Å². The van der Waals surface area contributed by atoms with Crippen LogP contribution in [0.1, 0.15) is 17.4 Å². The van der Waals surface area contributed by atoms with Crippen LogP contribution < -0.4 is 4.74 Å². The maximum atomic E-state index is 13.1. The number of ether oxygens (including phenoxy) is 1. The summed E-state index contributed by atoms with van der Waals surface area (Å²) in [6.07, 6.45) is -0.741. The summed E-state index contributed by atoms with van der Waals surface area (Å²) in [6, 6.07) is 7.22. The van der Waals surface area contributed by atoms with Crippen molar-refractivity contribution in [2.75, 3.05) is 7.11 Å². The predicted octanol–water partition coefficient (Wildman–Crippen LogP) is 2.55. The highest BCUT2D eigenvalue weighted by atomic mass is 35.5. The van der Waals surface area contributed by atoms with Crippen LogP contribution in [0.5, 0.6) is 5.88 Å². The van der Waals surface area contributed by atoms with Crippen molar-refractivity contribution in [3.8, 4) is 5.88 Å². The molecule has 100 valence electrons. The molecule has 0 aliphatic heterocycles. The first-order valence-corrected chi connectivity index (χ1v) is 5.97. The molecule has 0 spiro atoms. The maximum absolute atomic E-state index is 13.1. The van der Waals surface area contributed by atoms with E-state index in [-0.39, 0.29) is 6.42 Å². The Labute approximate surface area is 114 Å². The highest BCUT2D eigenvalue weighted by Gasteiger charge is 2.13. The SMILES string of the molecule is COc1ccc(C(O)Cc2cc(F)ccc2Cl)nn1. The average Bonchev–Trinajstić information content (AvgIpc) is 2.43. The minimum absolute atomic E-state index is 0.164. The van der Waals surface area contributed by atoms with Crippen molar-refractivity contribution in [2.24, 2.45) is 0 Å². The summed E-state index contributed by atoms with van der Waals surface area (Å²) >= 11 is 5.94. The van der Waals surface area contributed by atoms with Gasteiger partial charge < -0.3 is 9.84 Å². The Hall–Kier alpha value is -1.72. The zero-order valence-electron chi connectivity index (χ0n) is 10.2. The van der Waals surface area contributed by atoms with E-state index < -0.39 is 11.9 Å². The molecule has 1 aromatic carbocycles. The quantitative estimate of drug-likeness (QED) is 0.936. The van der Waals surface area contributed by atoms with Crippen LogP contribution >= 0.6 is 11.6 Å². The second kappa shape index (κ2) is 5.95. The van der Waals surface area contributed by atoms with Gasteiger partial charge in [-0.2, -0.15) is 0 Å². The van der Waals surface area contributed by atoms with Crippen molar-refractivity contribution in [1.82, 2.24) is 10.2 Å². The number of methoxy groups -OCH3 is 1. The van der Waals surface area contributed by atoms with Crippen molar-refractivity contribution >= 4 is 11.6 Å². The number of halogens is 2. The third kappa shape index (κ3) is 3.39. The Kier molecular flexibility index (Phi) is 4.29. The molecule has 2 rings (SSSR count). The maximum Gasteiger partial charge on any atom is 0.233 e. The topological polar surface area (TPSA) is 55.2 Å². The molecule has 0 saturated carbocycles. The van der Waals surface area contributed by atoms with Gasteiger partial charge in [0.05, 0.1) is 12.8 Å². The van der Waals surface area contributed by atoms with Crippen molar-refractivity contribution in [2.45, 2.75) is 12.5 Å². The van der Waals surface area contributed by atoms with Gasteiger partial charge in [0.2, 0.25) is 5.88 Å². The number of aliphatic hydroxyl groups is 1. The van der Waals surface area contributed by atoms with Crippen LogP contribution in [0.4, 0.5) is 4.39 Å². The van der Waals surface area contributed by atoms with Gasteiger partial charge in [0.15, 0.2) is 0 Å². The molecule has 1 aromatic heterocycles. The number of benzene rings is 1. The van der Waals surface area contributed by atoms with Crippen LogP contribution in [0.15, 0.2) is 30.3 Å². The lowest BCUT2D eigenvalue weighted by atomic mass is 10.1. The summed E-state index contributed by atoms with van der Waals surface area (Å²) in [5.41, 5.74) is 0.896. The van der Waals surface area contributed by atoms with E-state index in [1.165, 1.54) is 25.3 Å². The summed E-state index contributed by atoms with van der Waals surface area (Å²) < 4.78 is 18.0. The Morgan fingerprint density at radius 2 is 2.11 bits per heavy atom. The summed E-state index contributed by atoms with van der Waals surface area (Å²) in [4.78, 5) is 0. The molecule has 0 saturated heterocycles. The fourth-order valence-electron chi connectivity index (χ4n) is 1.63. The summed E-state index contributed by atoms with van der Waals surface area (Å²) in [6.45, 7) is 0. The molecule has 0 aliphatic carbocycles. The van der Waals surface area contributed by atoms with Crippen LogP contribution in [0.2, 0.25) is 5.02 Å². The largest absolute Gasteiger partial charge is 0.480 e. The molecule has 1 heterocycles. The van der Waals surface area contributed by atoms with Gasteiger partial charge >= 0.3 is 0 Å². The number of hydrogen-bond donors (Lipinski definition) is 1. The molecule has 0 fully saturated rings. The second-order valence-electron chi connectivity index (χ2n) is 3.96. The minimum atomic E-state index is -0.905. The third-order valence-electron chi connectivity index (χ3n) is 2.63. The zero-order chi connectivity index (χ0) is 13.8. The summed E-state index contributed by atoms with van der Waals surface area (Å²) in [5, 5.41) is 18.0. The fraction of sp³-hybridized carbons (Fsp3) is 0.231. The fourth-order valence-corrected chi connectivity index (χ4v) is 1.82. The van der Waals surface area contributed by atoms with Crippen LogP contribution in [0.25, 0.3) is 0 Å². The monoisotopic (exact) mass is 282 g/mol. The van der Waals surface area contributed by atoms with E-state index in [0.717, 1.165) is 0 Å². The first-order valence-electron chi connectivity index (χ1n) is 5.59. The first-order chi connectivity index (χ1) is 9.10. The van der Waals surface area contributed by atoms with E-state index >= 15 is 0 Å². The van der Waals surface area contributed by atoms with Crippen LogP contribution in [-0.2, 0) is 6.42 Å². The molecule has 1 N–H and O–H groups in total. The number of nitrogens with zero attached hydrogens (tertiary/aromatic N) is 2. The lowest BCUT2D eigenvalue weighted by Gasteiger charge is -2.11. The highest BCUT2D eigenvalue weighted by Crippen LogP contribution is 2.23. The van der Waals surface area contributed by atoms with E-state index in [1.807, 2.05) is 0 Å². The molecule has 1 unspecified atom stereocenters. The van der Waals surface area contributed by atoms with Crippen molar-refractivity contribution in [1.29, 1.82) is 0 Å². The van der Waals surface area contributed by atoms with Crippen LogP contribution in [0, 0.1) is 5.82 Å². The third-order valence-corrected chi connectivity index (χ3v) is 3.00. The smallest absolute Gasteiger partial charge is 0.233 e. The average molecular weight is 283 g/mol. The zero-order valence-corrected chi connectivity index (χ0v) is 10.9. The van der Waals surface area contributed by atoms with Crippen LogP contribution in [0.3, 0.4) is 0 Å². The van der Waals surface area contributed by atoms with Crippen molar-refractivity contribution in [3.05, 3.63) is 52.4 Å². The lowest BCUT2D eigenvalue weighted by Crippen LogP contribution is -2.06. The molecular formula is C13H12ClFN2O2. The minimum Gasteiger partial charge on any atom is -0.480 e. The Morgan fingerprint density at radius 1 is 1.32 bits per heavy atom. The number of aliphatic hydroxyl groups excluding tert-OH is 1. The molecule has 1 atom stereocenters. The molecular weight excluding hydrogens is 271 g/mol. The van der Waals surface area contributed by atoms with Crippen molar-refractivity contribution < 1.29 is 14.2 Å². The van der Waals surface area contributed by atoms with Gasteiger partial charge in [-0.3, -0.25) is 0 Å². The van der Waals surface area contributed by atoms with Gasteiger partial charge in [0.25, 0.3) is 0 Å². The van der Waals surface area contributed by atoms with E-state index in [9.17, 15) is 9.50 Å². The molecule has 0 aliphatic rings. The summed E-state index contributed by atoms with van der Waals surface area (Å²) in [5.74, 6) is -0.0350. The Morgan fingerprint density at radius 3 is 2.74 bits per heavy atom. The van der Waals surface area contributed by atoms with Gasteiger partial charge in [-0.25, -0.2) is 4.39 Å². The second-order valence-corrected chi connectivity index (χ2v) is 4.36. The number of hydrogen-bond acceptors (Lipinski definition) is 4. The molecule has 19 heavy (non-hydrogen) atoms. The molecule has 6 heteroatoms. The van der Waals surface area contributed by atoms with Crippen molar-refractivity contribution in [3.63, 3.8) is 0 Å². The van der Waals surface area contributed by atoms with Gasteiger partial charge in [0.1, 0.15) is 11.9 Å². The Balaban J connectivity index is 2.15. The number of rotatable bonds is 4. The highest BCUT2D eigenvalue weighted by molar-refractivity contribution is 6.31. The molecule has 0 bridgehead atoms. The van der Waals surface area contributed by atoms with E-state index in [0.29, 0.717) is 22.2 Å². The molecule has 2 aromatic rings. The van der Waals surface area contributed by atoms with Gasteiger partial charge in [0, 0.05) is 17.5 Å². The standard InChI is InChI=1S/C13H12ClFN2O2/c1-19-13-5-4-11(16-17-13)12(18)7-8-6-9(15)2-3-10(8)14/h2-6,12,18H,7H2,1H3. The first kappa shape index (κ1) is 13.7. The summed E-state index contributed by atoms with van der Waals surface area (Å²) in [7, 11) is 1.48. The van der Waals surface area contributed by atoms with E-state index in [2.05, 4.69) is 10.2 Å². The van der Waals surface area contributed by atoms with Gasteiger partial charge in [-0.05, 0) is 29.8 Å². The van der Waals surface area contributed by atoms with E-state index in [1.54, 1.807) is 12.1 Å². The van der Waals surface area contributed by atoms with Gasteiger partial charge in [-0.15, -0.1) is 10.2 Å². The Bertz CT molecular complexity index is 563. The number of aromatic nitrogens is 2. The van der Waals surface area contributed by atoms with E-state index in [4.69, 9.17) is 16.3 Å².